The Morgan fingerprint density at radius 1 is 1.22 bits per heavy atom. The fraction of sp³-hybridized carbons (Fsp3) is 0.360. The quantitative estimate of drug-likeness (QED) is 0.494. The Hall–Kier alpha value is -2.86. The van der Waals surface area contributed by atoms with Gasteiger partial charge in [-0.3, -0.25) is 4.79 Å². The third kappa shape index (κ3) is 3.66. The predicted molar refractivity (Wildman–Crippen MR) is 122 cm³/mol. The molecule has 166 valence electrons. The van der Waals surface area contributed by atoms with Crippen molar-refractivity contribution >= 4 is 17.5 Å². The summed E-state index contributed by atoms with van der Waals surface area (Å²) in [6, 6.07) is 10.2. The molecule has 2 aliphatic rings. The second kappa shape index (κ2) is 7.93. The topological polar surface area (TPSA) is 67.0 Å². The van der Waals surface area contributed by atoms with Crippen LogP contribution in [0, 0.1) is 5.82 Å². The van der Waals surface area contributed by atoms with Crippen LogP contribution < -0.4 is 10.1 Å². The third-order valence-corrected chi connectivity index (χ3v) is 6.62. The van der Waals surface area contributed by atoms with E-state index in [9.17, 15) is 9.18 Å². The first-order chi connectivity index (χ1) is 15.3. The van der Waals surface area contributed by atoms with Gasteiger partial charge in [-0.05, 0) is 57.0 Å². The number of H-pyrrole nitrogens is 1. The zero-order valence-corrected chi connectivity index (χ0v) is 18.9. The molecule has 3 aromatic rings. The number of fused-ring (bicyclic) bond motifs is 3. The van der Waals surface area contributed by atoms with Crippen molar-refractivity contribution in [3.8, 4) is 28.4 Å². The summed E-state index contributed by atoms with van der Waals surface area (Å²) in [7, 11) is 0. The largest absolute Gasteiger partial charge is 0.481 e. The lowest BCUT2D eigenvalue weighted by Gasteiger charge is -2.32. The van der Waals surface area contributed by atoms with Gasteiger partial charge in [-0.2, -0.15) is 0 Å². The summed E-state index contributed by atoms with van der Waals surface area (Å²) in [6.45, 7) is 3.82. The number of hydrogen-bond acceptors (Lipinski definition) is 3. The van der Waals surface area contributed by atoms with E-state index in [0.717, 1.165) is 36.9 Å². The van der Waals surface area contributed by atoms with Gasteiger partial charge >= 0.3 is 0 Å². The number of benzene rings is 2. The molecule has 0 saturated heterocycles. The maximum absolute atomic E-state index is 14.5. The van der Waals surface area contributed by atoms with Gasteiger partial charge in [0.15, 0.2) is 0 Å². The van der Waals surface area contributed by atoms with Crippen LogP contribution in [0.2, 0.25) is 5.02 Å². The number of nitrogens with one attached hydrogen (secondary N) is 2. The number of amides is 1. The second-order valence-electron chi connectivity index (χ2n) is 9.04. The maximum atomic E-state index is 14.5. The molecule has 1 aromatic heterocycles. The fourth-order valence-electron chi connectivity index (χ4n) is 4.63. The molecule has 0 atom stereocenters. The highest BCUT2D eigenvalue weighted by Crippen LogP contribution is 2.45. The van der Waals surface area contributed by atoms with Gasteiger partial charge in [0.2, 0.25) is 0 Å². The second-order valence-corrected chi connectivity index (χ2v) is 9.44. The molecule has 5 nitrogen and oxygen atoms in total. The zero-order chi connectivity index (χ0) is 22.5. The molecule has 2 N–H and O–H groups in total. The van der Waals surface area contributed by atoms with E-state index in [-0.39, 0.29) is 22.5 Å². The van der Waals surface area contributed by atoms with E-state index in [4.69, 9.17) is 16.3 Å². The minimum absolute atomic E-state index is 0.0900. The lowest BCUT2D eigenvalue weighted by molar-refractivity contribution is 0.0916. The van der Waals surface area contributed by atoms with Gasteiger partial charge in [-0.1, -0.05) is 36.9 Å². The van der Waals surface area contributed by atoms with E-state index in [1.54, 1.807) is 24.3 Å². The van der Waals surface area contributed by atoms with Gasteiger partial charge in [0.25, 0.3) is 5.91 Å². The molecule has 5 rings (SSSR count). The van der Waals surface area contributed by atoms with Gasteiger partial charge in [0.1, 0.15) is 23.0 Å². The molecule has 0 unspecified atom stereocenters. The molecule has 2 heterocycles. The Kier molecular flexibility index (Phi) is 5.20. The van der Waals surface area contributed by atoms with Crippen LogP contribution in [-0.2, 0) is 5.60 Å². The number of carbonyl (C=O) groups is 1. The molecule has 1 aliphatic heterocycles. The van der Waals surface area contributed by atoms with E-state index in [1.165, 1.54) is 12.5 Å². The van der Waals surface area contributed by atoms with E-state index < -0.39 is 11.4 Å². The lowest BCUT2D eigenvalue weighted by atomic mass is 9.93. The average molecular weight is 454 g/mol. The summed E-state index contributed by atoms with van der Waals surface area (Å²) in [5.41, 5.74) is 2.20. The van der Waals surface area contributed by atoms with Crippen LogP contribution in [0.15, 0.2) is 36.4 Å². The van der Waals surface area contributed by atoms with Crippen LogP contribution in [0.1, 0.15) is 62.0 Å². The molecule has 1 saturated carbocycles. The molecule has 0 radical (unpaired) electrons. The Bertz CT molecular complexity index is 1180. The van der Waals surface area contributed by atoms with E-state index in [2.05, 4.69) is 15.3 Å². The van der Waals surface area contributed by atoms with E-state index in [0.29, 0.717) is 22.8 Å². The normalized spacial score (nSPS) is 17.2. The standard InChI is InChI=1S/C25H25ClFN3O2/c1-25(2)22-21(29-23(30-22)20-17(26)9-6-10-18(20)27)16-12-11-14(13-19(16)32-25)24(31)28-15-7-4-3-5-8-15/h6,9-13,15H,3-5,7-8H2,1-2H3,(H,28,31)(H,29,30). The molecule has 1 amide bonds. The maximum Gasteiger partial charge on any atom is 0.251 e. The molecule has 0 spiro atoms. The highest BCUT2D eigenvalue weighted by molar-refractivity contribution is 6.33. The molecule has 2 aromatic carbocycles. The van der Waals surface area contributed by atoms with Gasteiger partial charge in [0.05, 0.1) is 22.0 Å². The summed E-state index contributed by atoms with van der Waals surface area (Å²) < 4.78 is 20.8. The van der Waals surface area contributed by atoms with Gasteiger partial charge in [0, 0.05) is 17.2 Å². The monoisotopic (exact) mass is 453 g/mol. The Labute approximate surface area is 191 Å². The Balaban J connectivity index is 1.51. The Morgan fingerprint density at radius 2 is 2.00 bits per heavy atom. The van der Waals surface area contributed by atoms with Crippen molar-refractivity contribution in [1.82, 2.24) is 15.3 Å². The number of rotatable bonds is 3. The number of aromatic nitrogens is 2. The number of nitrogens with zero attached hydrogens (tertiary/aromatic N) is 1. The van der Waals surface area contributed by atoms with Crippen molar-refractivity contribution in [1.29, 1.82) is 0 Å². The van der Waals surface area contributed by atoms with Crippen molar-refractivity contribution in [2.75, 3.05) is 0 Å². The first kappa shape index (κ1) is 21.0. The summed E-state index contributed by atoms with van der Waals surface area (Å²) in [5.74, 6) is 0.392. The minimum atomic E-state index is -0.746. The summed E-state index contributed by atoms with van der Waals surface area (Å²) in [4.78, 5) is 20.7. The van der Waals surface area contributed by atoms with Crippen LogP contribution in [0.5, 0.6) is 5.75 Å². The lowest BCUT2D eigenvalue weighted by Crippen LogP contribution is -2.36. The van der Waals surface area contributed by atoms with Crippen LogP contribution in [0.25, 0.3) is 22.6 Å². The summed E-state index contributed by atoms with van der Waals surface area (Å²) in [6.07, 6.45) is 5.60. The average Bonchev–Trinajstić information content (AvgIpc) is 3.20. The Morgan fingerprint density at radius 3 is 2.75 bits per heavy atom. The molecular formula is C25H25ClFN3O2. The summed E-state index contributed by atoms with van der Waals surface area (Å²) in [5, 5.41) is 3.43. The first-order valence-corrected chi connectivity index (χ1v) is 11.4. The molecule has 1 fully saturated rings. The molecule has 32 heavy (non-hydrogen) atoms. The van der Waals surface area contributed by atoms with Crippen molar-refractivity contribution in [2.24, 2.45) is 0 Å². The molecule has 1 aliphatic carbocycles. The number of imidazole rings is 1. The van der Waals surface area contributed by atoms with Crippen LogP contribution in [-0.4, -0.2) is 21.9 Å². The van der Waals surface area contributed by atoms with Gasteiger partial charge in [-0.15, -0.1) is 0 Å². The first-order valence-electron chi connectivity index (χ1n) is 11.0. The van der Waals surface area contributed by atoms with Crippen molar-refractivity contribution in [2.45, 2.75) is 57.6 Å². The van der Waals surface area contributed by atoms with Crippen LogP contribution in [0.3, 0.4) is 0 Å². The number of hydrogen-bond donors (Lipinski definition) is 2. The summed E-state index contributed by atoms with van der Waals surface area (Å²) >= 11 is 6.26. The highest BCUT2D eigenvalue weighted by atomic mass is 35.5. The van der Waals surface area contributed by atoms with Crippen LogP contribution in [0.4, 0.5) is 4.39 Å². The number of aromatic amines is 1. The highest BCUT2D eigenvalue weighted by Gasteiger charge is 2.37. The zero-order valence-electron chi connectivity index (χ0n) is 18.1. The smallest absolute Gasteiger partial charge is 0.251 e. The van der Waals surface area contributed by atoms with Crippen molar-refractivity contribution in [3.63, 3.8) is 0 Å². The predicted octanol–water partition coefficient (Wildman–Crippen LogP) is 6.23. The molecule has 7 heteroatoms. The van der Waals surface area contributed by atoms with Crippen LogP contribution >= 0.6 is 11.6 Å². The number of carbonyl (C=O) groups excluding carboxylic acids is 1. The number of ether oxygens (including phenoxy) is 1. The minimum Gasteiger partial charge on any atom is -0.481 e. The SMILES string of the molecule is CC1(C)Oc2cc(C(=O)NC3CCCCC3)ccc2-c2nc(-c3c(F)cccc3Cl)[nH]c21. The van der Waals surface area contributed by atoms with Gasteiger partial charge in [-0.25, -0.2) is 9.37 Å². The molecular weight excluding hydrogens is 429 g/mol. The number of halogens is 2. The van der Waals surface area contributed by atoms with Crippen molar-refractivity contribution < 1.29 is 13.9 Å². The third-order valence-electron chi connectivity index (χ3n) is 6.31. The van der Waals surface area contributed by atoms with E-state index in [1.807, 2.05) is 19.9 Å². The van der Waals surface area contributed by atoms with E-state index >= 15 is 0 Å². The molecule has 0 bridgehead atoms. The van der Waals surface area contributed by atoms with Crippen molar-refractivity contribution in [3.05, 3.63) is 58.5 Å². The van der Waals surface area contributed by atoms with Gasteiger partial charge < -0.3 is 15.0 Å². The fourth-order valence-corrected chi connectivity index (χ4v) is 4.88.